The molecule has 0 bridgehead atoms. The highest BCUT2D eigenvalue weighted by molar-refractivity contribution is 7.99. The molecule has 1 aliphatic rings. The average molecular weight is 265 g/mol. The van der Waals surface area contributed by atoms with E-state index in [1.165, 1.54) is 0 Å². The molecule has 6 heteroatoms. The standard InChI is InChI=1S/C12H19N5S/c1-9-15-11(17-16-9)18-7-5-10-4-3-6-12(10,8-13)14-2/h10,14H,3-7H2,1-2H3,(H,15,16,17). The second-order valence-electron chi connectivity index (χ2n) is 4.76. The molecule has 0 aliphatic heterocycles. The van der Waals surface area contributed by atoms with Gasteiger partial charge in [-0.3, -0.25) is 5.10 Å². The topological polar surface area (TPSA) is 77.4 Å². The number of nitrogens with one attached hydrogen (secondary N) is 2. The molecule has 98 valence electrons. The van der Waals surface area contributed by atoms with Gasteiger partial charge in [0.25, 0.3) is 0 Å². The van der Waals surface area contributed by atoms with E-state index in [-0.39, 0.29) is 5.54 Å². The van der Waals surface area contributed by atoms with Crippen molar-refractivity contribution in [1.29, 1.82) is 5.26 Å². The van der Waals surface area contributed by atoms with Crippen molar-refractivity contribution in [1.82, 2.24) is 20.5 Å². The summed E-state index contributed by atoms with van der Waals surface area (Å²) in [7, 11) is 1.90. The molecule has 0 radical (unpaired) electrons. The van der Waals surface area contributed by atoms with Crippen molar-refractivity contribution in [2.45, 2.75) is 43.3 Å². The Balaban J connectivity index is 1.85. The van der Waals surface area contributed by atoms with E-state index in [9.17, 15) is 5.26 Å². The highest BCUT2D eigenvalue weighted by Crippen LogP contribution is 2.38. The zero-order valence-electron chi connectivity index (χ0n) is 10.9. The fourth-order valence-corrected chi connectivity index (χ4v) is 3.58. The monoisotopic (exact) mass is 265 g/mol. The molecule has 2 unspecified atom stereocenters. The van der Waals surface area contributed by atoms with Crippen molar-refractivity contribution in [3.05, 3.63) is 5.82 Å². The Morgan fingerprint density at radius 2 is 2.50 bits per heavy atom. The molecule has 0 aromatic carbocycles. The normalized spacial score (nSPS) is 27.3. The van der Waals surface area contributed by atoms with Crippen molar-refractivity contribution < 1.29 is 0 Å². The first kappa shape index (κ1) is 13.4. The van der Waals surface area contributed by atoms with Crippen LogP contribution < -0.4 is 5.32 Å². The van der Waals surface area contributed by atoms with Gasteiger partial charge in [-0.1, -0.05) is 18.2 Å². The van der Waals surface area contributed by atoms with Crippen LogP contribution in [-0.2, 0) is 0 Å². The van der Waals surface area contributed by atoms with Gasteiger partial charge in [0.05, 0.1) is 6.07 Å². The van der Waals surface area contributed by atoms with Crippen LogP contribution >= 0.6 is 11.8 Å². The van der Waals surface area contributed by atoms with E-state index >= 15 is 0 Å². The number of aromatic amines is 1. The molecule has 1 heterocycles. The minimum atomic E-state index is -0.310. The van der Waals surface area contributed by atoms with Gasteiger partial charge in [-0.25, -0.2) is 4.98 Å². The van der Waals surface area contributed by atoms with Crippen molar-refractivity contribution in [3.8, 4) is 6.07 Å². The van der Waals surface area contributed by atoms with Crippen LogP contribution in [-0.4, -0.2) is 33.5 Å². The second kappa shape index (κ2) is 5.72. The summed E-state index contributed by atoms with van der Waals surface area (Å²) in [5.41, 5.74) is -0.310. The molecule has 18 heavy (non-hydrogen) atoms. The Hall–Kier alpha value is -1.06. The number of rotatable bonds is 5. The van der Waals surface area contributed by atoms with Crippen molar-refractivity contribution in [2.24, 2.45) is 5.92 Å². The maximum atomic E-state index is 9.36. The summed E-state index contributed by atoms with van der Waals surface area (Å²) in [6.07, 6.45) is 4.28. The van der Waals surface area contributed by atoms with Crippen LogP contribution in [0.3, 0.4) is 0 Å². The predicted molar refractivity (Wildman–Crippen MR) is 71.2 cm³/mol. The van der Waals surface area contributed by atoms with Crippen molar-refractivity contribution in [2.75, 3.05) is 12.8 Å². The largest absolute Gasteiger partial charge is 0.302 e. The summed E-state index contributed by atoms with van der Waals surface area (Å²) < 4.78 is 0. The molecular weight excluding hydrogens is 246 g/mol. The lowest BCUT2D eigenvalue weighted by molar-refractivity contribution is 0.332. The molecular formula is C12H19N5S. The minimum Gasteiger partial charge on any atom is -0.302 e. The summed E-state index contributed by atoms with van der Waals surface area (Å²) in [5.74, 6) is 2.26. The van der Waals surface area contributed by atoms with Gasteiger partial charge in [0.2, 0.25) is 5.16 Å². The van der Waals surface area contributed by atoms with E-state index < -0.39 is 0 Å². The van der Waals surface area contributed by atoms with Crippen molar-refractivity contribution in [3.63, 3.8) is 0 Å². The van der Waals surface area contributed by atoms with E-state index in [0.717, 1.165) is 42.4 Å². The van der Waals surface area contributed by atoms with Gasteiger partial charge >= 0.3 is 0 Å². The van der Waals surface area contributed by atoms with Gasteiger partial charge in [0.1, 0.15) is 11.4 Å². The summed E-state index contributed by atoms with van der Waals surface area (Å²) in [6, 6.07) is 2.47. The summed E-state index contributed by atoms with van der Waals surface area (Å²) >= 11 is 1.66. The smallest absolute Gasteiger partial charge is 0.208 e. The van der Waals surface area contributed by atoms with E-state index in [2.05, 4.69) is 26.6 Å². The van der Waals surface area contributed by atoms with Gasteiger partial charge in [-0.05, 0) is 39.2 Å². The SMILES string of the molecule is CNC1(C#N)CCCC1CCSc1n[nH]c(C)n1. The van der Waals surface area contributed by atoms with Crippen LogP contribution in [0.1, 0.15) is 31.5 Å². The highest BCUT2D eigenvalue weighted by Gasteiger charge is 2.41. The Bertz CT molecular complexity index is 438. The summed E-state index contributed by atoms with van der Waals surface area (Å²) in [5, 5.41) is 20.3. The molecule has 1 saturated carbocycles. The average Bonchev–Trinajstić information content (AvgIpc) is 2.97. The number of hydrogen-bond acceptors (Lipinski definition) is 5. The first-order chi connectivity index (χ1) is 8.70. The van der Waals surface area contributed by atoms with E-state index in [0.29, 0.717) is 5.92 Å². The quantitative estimate of drug-likeness (QED) is 0.795. The fraction of sp³-hybridized carbons (Fsp3) is 0.750. The molecule has 1 aromatic heterocycles. The van der Waals surface area contributed by atoms with Gasteiger partial charge in [0, 0.05) is 5.75 Å². The van der Waals surface area contributed by atoms with Crippen LogP contribution in [0.4, 0.5) is 0 Å². The lowest BCUT2D eigenvalue weighted by Crippen LogP contribution is -2.44. The molecule has 1 fully saturated rings. The van der Waals surface area contributed by atoms with E-state index in [1.54, 1.807) is 11.8 Å². The number of aromatic nitrogens is 3. The molecule has 1 aliphatic carbocycles. The number of H-pyrrole nitrogens is 1. The molecule has 5 nitrogen and oxygen atoms in total. The van der Waals surface area contributed by atoms with Crippen LogP contribution in [0.5, 0.6) is 0 Å². The number of nitrogens with zero attached hydrogens (tertiary/aromatic N) is 3. The first-order valence-electron chi connectivity index (χ1n) is 6.32. The zero-order chi connectivity index (χ0) is 13.0. The van der Waals surface area contributed by atoms with Gasteiger partial charge < -0.3 is 5.32 Å². The Kier molecular flexibility index (Phi) is 4.25. The van der Waals surface area contributed by atoms with Gasteiger partial charge in [-0.2, -0.15) is 5.26 Å². The van der Waals surface area contributed by atoms with E-state index in [4.69, 9.17) is 0 Å². The number of hydrogen-bond donors (Lipinski definition) is 2. The molecule has 0 amide bonds. The molecule has 2 N–H and O–H groups in total. The maximum absolute atomic E-state index is 9.36. The lowest BCUT2D eigenvalue weighted by atomic mass is 9.87. The first-order valence-corrected chi connectivity index (χ1v) is 7.31. The van der Waals surface area contributed by atoms with Gasteiger partial charge in [0.15, 0.2) is 0 Å². The molecule has 0 saturated heterocycles. The number of thioether (sulfide) groups is 1. The third-order valence-corrected chi connectivity index (χ3v) is 4.62. The van der Waals surface area contributed by atoms with Crippen LogP contribution in [0.25, 0.3) is 0 Å². The lowest BCUT2D eigenvalue weighted by Gasteiger charge is -2.27. The predicted octanol–water partition coefficient (Wildman–Crippen LogP) is 1.88. The van der Waals surface area contributed by atoms with Crippen LogP contribution in [0.2, 0.25) is 0 Å². The zero-order valence-corrected chi connectivity index (χ0v) is 11.7. The molecule has 1 aromatic rings. The Labute approximate surface area is 112 Å². The second-order valence-corrected chi connectivity index (χ2v) is 5.82. The number of aryl methyl sites for hydroxylation is 1. The van der Waals surface area contributed by atoms with Gasteiger partial charge in [-0.15, -0.1) is 5.10 Å². The minimum absolute atomic E-state index is 0.310. The van der Waals surface area contributed by atoms with Crippen molar-refractivity contribution >= 4 is 11.8 Å². The maximum Gasteiger partial charge on any atom is 0.208 e. The summed E-state index contributed by atoms with van der Waals surface area (Å²) in [4.78, 5) is 4.27. The highest BCUT2D eigenvalue weighted by atomic mass is 32.2. The molecule has 0 spiro atoms. The Morgan fingerprint density at radius 3 is 3.11 bits per heavy atom. The number of nitriles is 1. The summed E-state index contributed by atoms with van der Waals surface area (Å²) in [6.45, 7) is 1.90. The van der Waals surface area contributed by atoms with Crippen LogP contribution in [0.15, 0.2) is 5.16 Å². The third-order valence-electron chi connectivity index (χ3n) is 3.74. The van der Waals surface area contributed by atoms with Crippen LogP contribution in [0, 0.1) is 24.2 Å². The third kappa shape index (κ3) is 2.68. The van der Waals surface area contributed by atoms with E-state index in [1.807, 2.05) is 14.0 Å². The Morgan fingerprint density at radius 1 is 1.67 bits per heavy atom. The fourth-order valence-electron chi connectivity index (χ4n) is 2.68. The molecule has 2 atom stereocenters. The molecule has 2 rings (SSSR count).